The Kier molecular flexibility index (Phi) is 7.48. The Hall–Kier alpha value is -2.59. The lowest BCUT2D eigenvalue weighted by Crippen LogP contribution is -2.44. The van der Waals surface area contributed by atoms with Gasteiger partial charge in [-0.25, -0.2) is 9.18 Å². The molecule has 0 bridgehead atoms. The zero-order valence-electron chi connectivity index (χ0n) is 16.2. The van der Waals surface area contributed by atoms with E-state index in [4.69, 9.17) is 4.74 Å². The number of nitrogens with zero attached hydrogens (tertiary/aromatic N) is 3. The summed E-state index contributed by atoms with van der Waals surface area (Å²) in [6.45, 7) is 2.47. The monoisotopic (exact) mass is 421 g/mol. The molecule has 3 rings (SSSR count). The van der Waals surface area contributed by atoms with Crippen molar-refractivity contribution in [3.8, 4) is 0 Å². The predicted octanol–water partition coefficient (Wildman–Crippen LogP) is 2.86. The second-order valence-corrected chi connectivity index (χ2v) is 7.76. The van der Waals surface area contributed by atoms with Crippen molar-refractivity contribution in [1.82, 2.24) is 20.4 Å². The van der Waals surface area contributed by atoms with E-state index in [9.17, 15) is 14.0 Å². The number of carbonyl (C=O) groups is 2. The Morgan fingerprint density at radius 1 is 1.31 bits per heavy atom. The van der Waals surface area contributed by atoms with E-state index in [2.05, 4.69) is 20.8 Å². The van der Waals surface area contributed by atoms with Crippen LogP contribution in [0.2, 0.25) is 0 Å². The molecule has 1 saturated heterocycles. The minimum atomic E-state index is -0.421. The van der Waals surface area contributed by atoms with E-state index in [1.807, 2.05) is 0 Å². The lowest BCUT2D eigenvalue weighted by molar-refractivity contribution is 0.102. The minimum Gasteiger partial charge on any atom is -0.385 e. The summed E-state index contributed by atoms with van der Waals surface area (Å²) in [7, 11) is 1.64. The van der Waals surface area contributed by atoms with Crippen LogP contribution in [0.1, 0.15) is 40.0 Å². The first-order valence-electron chi connectivity index (χ1n) is 9.49. The van der Waals surface area contributed by atoms with Gasteiger partial charge in [0, 0.05) is 45.0 Å². The third-order valence-corrected chi connectivity index (χ3v) is 5.73. The van der Waals surface area contributed by atoms with Crippen molar-refractivity contribution in [3.63, 3.8) is 0 Å². The quantitative estimate of drug-likeness (QED) is 0.670. The average Bonchev–Trinajstić information content (AvgIpc) is 3.22. The van der Waals surface area contributed by atoms with Gasteiger partial charge in [0.25, 0.3) is 5.91 Å². The molecule has 156 valence electrons. The molecule has 0 atom stereocenters. The maximum atomic E-state index is 13.2. The first kappa shape index (κ1) is 21.1. The summed E-state index contributed by atoms with van der Waals surface area (Å²) in [6, 6.07) is 5.63. The van der Waals surface area contributed by atoms with Crippen molar-refractivity contribution >= 4 is 29.0 Å². The van der Waals surface area contributed by atoms with Gasteiger partial charge in [-0.1, -0.05) is 17.4 Å². The first-order chi connectivity index (χ1) is 14.1. The number of halogens is 1. The number of hydrogen-bond donors (Lipinski definition) is 2. The average molecular weight is 421 g/mol. The van der Waals surface area contributed by atoms with Gasteiger partial charge in [0.15, 0.2) is 0 Å². The van der Waals surface area contributed by atoms with E-state index < -0.39 is 11.7 Å². The minimum absolute atomic E-state index is 0.0630. The van der Waals surface area contributed by atoms with Gasteiger partial charge in [0.1, 0.15) is 10.8 Å². The number of rotatable bonds is 7. The van der Waals surface area contributed by atoms with Crippen LogP contribution in [0.4, 0.5) is 14.9 Å². The molecule has 10 heteroatoms. The number of anilines is 1. The Morgan fingerprint density at radius 2 is 2.10 bits per heavy atom. The van der Waals surface area contributed by atoms with E-state index in [0.717, 1.165) is 24.3 Å². The van der Waals surface area contributed by atoms with Gasteiger partial charge in [-0.2, -0.15) is 0 Å². The molecule has 1 aliphatic heterocycles. The molecule has 1 fully saturated rings. The van der Waals surface area contributed by atoms with Gasteiger partial charge in [0.2, 0.25) is 5.01 Å². The topological polar surface area (TPSA) is 96.4 Å². The number of aromatic nitrogens is 2. The summed E-state index contributed by atoms with van der Waals surface area (Å²) in [4.78, 5) is 26.3. The van der Waals surface area contributed by atoms with Crippen LogP contribution in [0, 0.1) is 5.82 Å². The fourth-order valence-electron chi connectivity index (χ4n) is 3.10. The summed E-state index contributed by atoms with van der Waals surface area (Å²) in [5.74, 6) is -0.664. The van der Waals surface area contributed by atoms with Crippen molar-refractivity contribution in [3.05, 3.63) is 40.1 Å². The van der Waals surface area contributed by atoms with Crippen molar-refractivity contribution in [2.24, 2.45) is 0 Å². The lowest BCUT2D eigenvalue weighted by Gasteiger charge is -2.30. The number of methoxy groups -OCH3 is 1. The molecule has 2 aromatic rings. The second-order valence-electron chi connectivity index (χ2n) is 6.75. The predicted molar refractivity (Wildman–Crippen MR) is 108 cm³/mol. The molecule has 29 heavy (non-hydrogen) atoms. The van der Waals surface area contributed by atoms with Crippen LogP contribution in [0.5, 0.6) is 0 Å². The molecular formula is C19H24FN5O3S. The van der Waals surface area contributed by atoms with Crippen LogP contribution < -0.4 is 10.6 Å². The number of carbonyl (C=O) groups excluding carboxylic acids is 2. The number of piperidine rings is 1. The number of amides is 3. The van der Waals surface area contributed by atoms with E-state index in [1.165, 1.54) is 29.5 Å². The SMILES string of the molecule is COCCCNC(=O)N1CCC(c2nnc(C(=O)Nc3cccc(F)c3)s2)CC1. The van der Waals surface area contributed by atoms with Gasteiger partial charge in [0.05, 0.1) is 0 Å². The zero-order valence-corrected chi connectivity index (χ0v) is 17.0. The molecule has 0 radical (unpaired) electrons. The standard InChI is InChI=1S/C19H24FN5O3S/c1-28-11-3-8-21-19(27)25-9-6-13(7-10-25)17-23-24-18(29-17)16(26)22-15-5-2-4-14(20)12-15/h2,4-5,12-13H,3,6-11H2,1H3,(H,21,27)(H,22,26). The second kappa shape index (κ2) is 10.3. The van der Waals surface area contributed by atoms with E-state index >= 15 is 0 Å². The Labute approximate surface area is 172 Å². The normalized spacial score (nSPS) is 14.6. The van der Waals surface area contributed by atoms with Crippen LogP contribution in [-0.4, -0.2) is 60.4 Å². The fourth-order valence-corrected chi connectivity index (χ4v) is 4.00. The molecule has 0 saturated carbocycles. The molecule has 3 amide bonds. The van der Waals surface area contributed by atoms with Gasteiger partial charge in [-0.15, -0.1) is 10.2 Å². The Balaban J connectivity index is 1.49. The molecule has 1 aromatic heterocycles. The van der Waals surface area contributed by atoms with Crippen LogP contribution in [0.15, 0.2) is 24.3 Å². The maximum Gasteiger partial charge on any atom is 0.317 e. The zero-order chi connectivity index (χ0) is 20.6. The number of benzene rings is 1. The first-order valence-corrected chi connectivity index (χ1v) is 10.3. The molecule has 0 aliphatic carbocycles. The smallest absolute Gasteiger partial charge is 0.317 e. The summed E-state index contributed by atoms with van der Waals surface area (Å²) in [5, 5.41) is 14.7. The van der Waals surface area contributed by atoms with E-state index in [0.29, 0.717) is 31.9 Å². The third-order valence-electron chi connectivity index (χ3n) is 4.65. The van der Waals surface area contributed by atoms with Crippen molar-refractivity contribution in [1.29, 1.82) is 0 Å². The van der Waals surface area contributed by atoms with E-state index in [-0.39, 0.29) is 17.0 Å². The number of nitrogens with one attached hydrogen (secondary N) is 2. The highest BCUT2D eigenvalue weighted by atomic mass is 32.1. The highest BCUT2D eigenvalue weighted by Gasteiger charge is 2.27. The largest absolute Gasteiger partial charge is 0.385 e. The lowest BCUT2D eigenvalue weighted by atomic mass is 9.98. The van der Waals surface area contributed by atoms with Gasteiger partial charge < -0.3 is 20.3 Å². The highest BCUT2D eigenvalue weighted by molar-refractivity contribution is 7.13. The van der Waals surface area contributed by atoms with Gasteiger partial charge >= 0.3 is 6.03 Å². The molecule has 0 spiro atoms. The Morgan fingerprint density at radius 3 is 2.83 bits per heavy atom. The van der Waals surface area contributed by atoms with Crippen molar-refractivity contribution in [2.45, 2.75) is 25.2 Å². The summed E-state index contributed by atoms with van der Waals surface area (Å²) in [5.41, 5.74) is 0.372. The van der Waals surface area contributed by atoms with Crippen LogP contribution in [0.3, 0.4) is 0 Å². The molecule has 1 aliphatic rings. The number of urea groups is 1. The molecule has 8 nitrogen and oxygen atoms in total. The molecular weight excluding hydrogens is 397 g/mol. The number of likely N-dealkylation sites (tertiary alicyclic amines) is 1. The van der Waals surface area contributed by atoms with Crippen molar-refractivity contribution < 1.29 is 18.7 Å². The summed E-state index contributed by atoms with van der Waals surface area (Å²) in [6.07, 6.45) is 2.32. The fraction of sp³-hybridized carbons (Fsp3) is 0.474. The summed E-state index contributed by atoms with van der Waals surface area (Å²) >= 11 is 1.24. The van der Waals surface area contributed by atoms with Crippen LogP contribution >= 0.6 is 11.3 Å². The Bertz CT molecular complexity index is 839. The number of hydrogen-bond acceptors (Lipinski definition) is 6. The molecule has 2 N–H and O–H groups in total. The van der Waals surface area contributed by atoms with Crippen LogP contribution in [0.25, 0.3) is 0 Å². The highest BCUT2D eigenvalue weighted by Crippen LogP contribution is 2.30. The summed E-state index contributed by atoms with van der Waals surface area (Å²) < 4.78 is 18.2. The van der Waals surface area contributed by atoms with Crippen LogP contribution in [-0.2, 0) is 4.74 Å². The van der Waals surface area contributed by atoms with E-state index in [1.54, 1.807) is 18.1 Å². The maximum absolute atomic E-state index is 13.2. The molecule has 1 aromatic carbocycles. The molecule has 2 heterocycles. The number of ether oxygens (including phenoxy) is 1. The van der Waals surface area contributed by atoms with Gasteiger partial charge in [-0.3, -0.25) is 4.79 Å². The van der Waals surface area contributed by atoms with Crippen molar-refractivity contribution in [2.75, 3.05) is 38.7 Å². The third kappa shape index (κ3) is 5.94. The molecule has 0 unspecified atom stereocenters. The van der Waals surface area contributed by atoms with Gasteiger partial charge in [-0.05, 0) is 37.5 Å².